The van der Waals surface area contributed by atoms with Crippen molar-refractivity contribution >= 4 is 31.4 Å². The molecule has 1 aliphatic heterocycles. The second-order valence-corrected chi connectivity index (χ2v) is 8.11. The van der Waals surface area contributed by atoms with Gasteiger partial charge in [-0.1, -0.05) is 0 Å². The maximum atomic E-state index is 11.6. The van der Waals surface area contributed by atoms with Crippen molar-refractivity contribution < 1.29 is 28.5 Å². The van der Waals surface area contributed by atoms with Crippen molar-refractivity contribution in [3.05, 3.63) is 30.3 Å². The Morgan fingerprint density at radius 3 is 2.17 bits per heavy atom. The molecule has 0 bridgehead atoms. The quantitative estimate of drug-likeness (QED) is 0.543. The Bertz CT molecular complexity index is 563. The molecular weight excluding hydrogens is 379 g/mol. The summed E-state index contributed by atoms with van der Waals surface area (Å²) in [6.45, 7) is 4.46. The van der Waals surface area contributed by atoms with E-state index in [2.05, 4.69) is 0 Å². The van der Waals surface area contributed by atoms with Gasteiger partial charge in [0, 0.05) is 0 Å². The van der Waals surface area contributed by atoms with Crippen LogP contribution in [0.1, 0.15) is 20.8 Å². The molecule has 0 aliphatic carbocycles. The first kappa shape index (κ1) is 18.9. The summed E-state index contributed by atoms with van der Waals surface area (Å²) < 4.78 is 23.4. The fourth-order valence-electron chi connectivity index (χ4n) is 2.62. The fourth-order valence-corrected chi connectivity index (χ4v) is 5.27. The van der Waals surface area contributed by atoms with Crippen LogP contribution in [0.15, 0.2) is 30.3 Å². The van der Waals surface area contributed by atoms with Crippen LogP contribution in [0, 0.1) is 0 Å². The Hall–Kier alpha value is -1.40. The first-order valence-corrected chi connectivity index (χ1v) is 9.51. The number of rotatable bonds is 5. The minimum atomic E-state index is -0.659. The van der Waals surface area contributed by atoms with E-state index in [9.17, 15) is 9.59 Å². The van der Waals surface area contributed by atoms with Crippen LogP contribution in [0.4, 0.5) is 0 Å². The third-order valence-corrected chi connectivity index (χ3v) is 6.32. The summed E-state index contributed by atoms with van der Waals surface area (Å²) >= 11 is -0.0966. The van der Waals surface area contributed by atoms with Crippen molar-refractivity contribution in [1.29, 1.82) is 0 Å². The van der Waals surface area contributed by atoms with Crippen molar-refractivity contribution in [2.45, 2.75) is 50.2 Å². The molecule has 1 heterocycles. The van der Waals surface area contributed by atoms with Gasteiger partial charge in [0.2, 0.25) is 0 Å². The molecule has 0 aromatic heterocycles. The van der Waals surface area contributed by atoms with Gasteiger partial charge in [0.05, 0.1) is 0 Å². The molecule has 0 unspecified atom stereocenters. The zero-order valence-electron chi connectivity index (χ0n) is 14.1. The molecule has 1 aliphatic rings. The zero-order chi connectivity index (χ0) is 17.7. The fraction of sp³-hybridized carbons (Fsp3) is 0.529. The van der Waals surface area contributed by atoms with E-state index in [1.54, 1.807) is 14.0 Å². The van der Waals surface area contributed by atoms with Gasteiger partial charge in [-0.2, -0.15) is 0 Å². The van der Waals surface area contributed by atoms with E-state index in [1.165, 1.54) is 13.8 Å². The number of carbonyl (C=O) groups excluding carboxylic acids is 2. The Morgan fingerprint density at radius 1 is 1.04 bits per heavy atom. The zero-order valence-corrected chi connectivity index (χ0v) is 15.8. The molecule has 1 saturated heterocycles. The minimum absolute atomic E-state index is 0.0966. The van der Waals surface area contributed by atoms with E-state index < -0.39 is 36.5 Å². The van der Waals surface area contributed by atoms with Crippen molar-refractivity contribution in [2.75, 3.05) is 7.11 Å². The van der Waals surface area contributed by atoms with Gasteiger partial charge < -0.3 is 0 Å². The monoisotopic (exact) mass is 402 g/mol. The number of hydrogen-bond acceptors (Lipinski definition) is 6. The van der Waals surface area contributed by atoms with E-state index in [-0.39, 0.29) is 19.8 Å². The van der Waals surface area contributed by atoms with Crippen molar-refractivity contribution in [2.24, 2.45) is 0 Å². The molecule has 5 atom stereocenters. The van der Waals surface area contributed by atoms with Crippen LogP contribution in [0.25, 0.3) is 0 Å². The standard InChI is InChI=1S/C17H22O6Se/c1-10-14(22-11(2)18)15(23-12(3)19)16(17(20-4)21-10)24-13-8-6-5-7-9-13/h5-10,14-17H,1-4H3/t10-,14-,15+,16+,17-/m0/s1. The van der Waals surface area contributed by atoms with Crippen molar-refractivity contribution in [3.63, 3.8) is 0 Å². The molecule has 0 saturated carbocycles. The normalized spacial score (nSPS) is 29.8. The van der Waals surface area contributed by atoms with E-state index in [0.717, 1.165) is 4.46 Å². The predicted molar refractivity (Wildman–Crippen MR) is 88.0 cm³/mol. The van der Waals surface area contributed by atoms with Crippen LogP contribution in [0.2, 0.25) is 4.82 Å². The molecular formula is C17H22O6Se. The number of benzene rings is 1. The van der Waals surface area contributed by atoms with Gasteiger partial charge >= 0.3 is 148 Å². The van der Waals surface area contributed by atoms with Gasteiger partial charge in [0.15, 0.2) is 0 Å². The number of hydrogen-bond donors (Lipinski definition) is 0. The van der Waals surface area contributed by atoms with Gasteiger partial charge in [0.1, 0.15) is 0 Å². The summed E-state index contributed by atoms with van der Waals surface area (Å²) in [6.07, 6.45) is -2.24. The topological polar surface area (TPSA) is 71.1 Å². The van der Waals surface area contributed by atoms with E-state index in [1.807, 2.05) is 30.3 Å². The van der Waals surface area contributed by atoms with E-state index in [4.69, 9.17) is 18.9 Å². The number of methoxy groups -OCH3 is 1. The second kappa shape index (κ2) is 8.62. The second-order valence-electron chi connectivity index (χ2n) is 5.49. The molecule has 0 N–H and O–H groups in total. The summed E-state index contributed by atoms with van der Waals surface area (Å²) in [4.78, 5) is 22.8. The van der Waals surface area contributed by atoms with Crippen LogP contribution in [0.3, 0.4) is 0 Å². The SMILES string of the molecule is CO[C@H]1O[C@@H](C)[C@H](OC(C)=O)[C@@H](OC(C)=O)[C@H]1[Se]c1ccccc1. The molecule has 0 radical (unpaired) electrons. The summed E-state index contributed by atoms with van der Waals surface area (Å²) in [5.41, 5.74) is 0. The summed E-state index contributed by atoms with van der Waals surface area (Å²) in [5, 5.41) is 0. The van der Waals surface area contributed by atoms with Gasteiger partial charge in [-0.25, -0.2) is 0 Å². The number of carbonyl (C=O) groups is 2. The van der Waals surface area contributed by atoms with Crippen LogP contribution in [-0.4, -0.2) is 58.6 Å². The first-order valence-electron chi connectivity index (χ1n) is 7.66. The van der Waals surface area contributed by atoms with Crippen LogP contribution < -0.4 is 4.46 Å². The van der Waals surface area contributed by atoms with Crippen molar-refractivity contribution in [1.82, 2.24) is 0 Å². The molecule has 6 nitrogen and oxygen atoms in total. The van der Waals surface area contributed by atoms with E-state index >= 15 is 0 Å². The third kappa shape index (κ3) is 4.80. The molecule has 132 valence electrons. The molecule has 7 heteroatoms. The van der Waals surface area contributed by atoms with Gasteiger partial charge in [0.25, 0.3) is 0 Å². The summed E-state index contributed by atoms with van der Waals surface area (Å²) in [6, 6.07) is 9.87. The summed E-state index contributed by atoms with van der Waals surface area (Å²) in [5.74, 6) is -0.857. The molecule has 1 aromatic rings. The molecule has 1 aromatic carbocycles. The van der Waals surface area contributed by atoms with Crippen LogP contribution in [0.5, 0.6) is 0 Å². The van der Waals surface area contributed by atoms with Crippen molar-refractivity contribution in [3.8, 4) is 0 Å². The van der Waals surface area contributed by atoms with Crippen LogP contribution >= 0.6 is 0 Å². The summed E-state index contributed by atoms with van der Waals surface area (Å²) in [7, 11) is 1.56. The van der Waals surface area contributed by atoms with E-state index in [0.29, 0.717) is 0 Å². The predicted octanol–water partition coefficient (Wildman–Crippen LogP) is 1.06. The molecule has 2 rings (SSSR count). The Balaban J connectivity index is 2.31. The maximum absolute atomic E-state index is 11.6. The van der Waals surface area contributed by atoms with Gasteiger partial charge in [-0.15, -0.1) is 0 Å². The van der Waals surface area contributed by atoms with Gasteiger partial charge in [-0.3, -0.25) is 0 Å². The number of ether oxygens (including phenoxy) is 4. The first-order chi connectivity index (χ1) is 11.4. The number of esters is 2. The van der Waals surface area contributed by atoms with Crippen LogP contribution in [-0.2, 0) is 28.5 Å². The third-order valence-electron chi connectivity index (χ3n) is 3.58. The Kier molecular flexibility index (Phi) is 6.80. The Morgan fingerprint density at radius 2 is 1.62 bits per heavy atom. The van der Waals surface area contributed by atoms with Gasteiger partial charge in [-0.05, 0) is 0 Å². The average Bonchev–Trinajstić information content (AvgIpc) is 2.53. The Labute approximate surface area is 147 Å². The molecule has 0 spiro atoms. The molecule has 0 amide bonds. The molecule has 1 fully saturated rings. The molecule has 24 heavy (non-hydrogen) atoms. The average molecular weight is 401 g/mol.